The van der Waals surface area contributed by atoms with Crippen LogP contribution in [0.15, 0.2) is 0 Å². The third-order valence-corrected chi connectivity index (χ3v) is 3.03. The van der Waals surface area contributed by atoms with Crippen molar-refractivity contribution >= 4 is 5.97 Å². The Morgan fingerprint density at radius 3 is 2.94 bits per heavy atom. The molecule has 0 saturated carbocycles. The Hall–Kier alpha value is -1.53. The van der Waals surface area contributed by atoms with Crippen molar-refractivity contribution in [2.75, 3.05) is 7.11 Å². The van der Waals surface area contributed by atoms with Crippen LogP contribution in [-0.2, 0) is 22.5 Å². The van der Waals surface area contributed by atoms with Gasteiger partial charge in [-0.2, -0.15) is 0 Å². The van der Waals surface area contributed by atoms with Crippen molar-refractivity contribution < 1.29 is 18.3 Å². The second kappa shape index (κ2) is 4.77. The molecule has 1 unspecified atom stereocenters. The summed E-state index contributed by atoms with van der Waals surface area (Å²) >= 11 is 0. The van der Waals surface area contributed by atoms with E-state index in [4.69, 9.17) is 0 Å². The van der Waals surface area contributed by atoms with E-state index in [1.165, 1.54) is 11.8 Å². The summed E-state index contributed by atoms with van der Waals surface area (Å²) in [6, 6.07) is 0. The van der Waals surface area contributed by atoms with Crippen molar-refractivity contribution in [3.05, 3.63) is 11.4 Å². The summed E-state index contributed by atoms with van der Waals surface area (Å²) in [7, 11) is 1.33. The van der Waals surface area contributed by atoms with Gasteiger partial charge >= 0.3 is 5.97 Å². The molecule has 5 nitrogen and oxygen atoms in total. The van der Waals surface area contributed by atoms with Crippen LogP contribution in [-0.4, -0.2) is 28.1 Å². The topological polar surface area (TPSA) is 57.0 Å². The Labute approximate surface area is 96.7 Å². The molecular weight excluding hydrogens is 232 g/mol. The lowest BCUT2D eigenvalue weighted by molar-refractivity contribution is -0.145. The summed E-state index contributed by atoms with van der Waals surface area (Å²) in [5.74, 6) is -0.533. The van der Waals surface area contributed by atoms with Gasteiger partial charge in [-0.05, 0) is 19.3 Å². The molecule has 1 aliphatic rings. The zero-order valence-electron chi connectivity index (χ0n) is 9.40. The summed E-state index contributed by atoms with van der Waals surface area (Å²) in [5, 5.41) is 7.17. The zero-order chi connectivity index (χ0) is 12.4. The standard InChI is InChI=1S/C10H13F2N3O2/c1-17-10(16)6-2-3-7-8(9(11)12)13-14-15(7)5-4-6/h6,9H,2-5H2,1H3. The minimum atomic E-state index is -2.62. The van der Waals surface area contributed by atoms with Gasteiger partial charge in [0.2, 0.25) is 0 Å². The first-order chi connectivity index (χ1) is 8.13. The Kier molecular flexibility index (Phi) is 3.35. The molecule has 94 valence electrons. The summed E-state index contributed by atoms with van der Waals surface area (Å²) in [6.45, 7) is 0.425. The lowest BCUT2D eigenvalue weighted by Gasteiger charge is -2.09. The maximum Gasteiger partial charge on any atom is 0.308 e. The maximum atomic E-state index is 12.6. The number of methoxy groups -OCH3 is 1. The van der Waals surface area contributed by atoms with E-state index in [2.05, 4.69) is 15.0 Å². The number of fused-ring (bicyclic) bond motifs is 1. The molecule has 0 spiro atoms. The van der Waals surface area contributed by atoms with Gasteiger partial charge in [0.25, 0.3) is 6.43 Å². The monoisotopic (exact) mass is 245 g/mol. The van der Waals surface area contributed by atoms with Crippen LogP contribution < -0.4 is 0 Å². The first kappa shape index (κ1) is 11.9. The Bertz CT molecular complexity index is 420. The molecule has 2 heterocycles. The fourth-order valence-electron chi connectivity index (χ4n) is 2.09. The SMILES string of the molecule is COC(=O)C1CCc2c(C(F)F)nnn2CC1. The molecule has 0 saturated heterocycles. The minimum Gasteiger partial charge on any atom is -0.469 e. The van der Waals surface area contributed by atoms with Crippen LogP contribution in [0.1, 0.15) is 30.7 Å². The summed E-state index contributed by atoms with van der Waals surface area (Å²) in [4.78, 5) is 11.4. The van der Waals surface area contributed by atoms with Crippen molar-refractivity contribution in [2.24, 2.45) is 5.92 Å². The predicted octanol–water partition coefficient (Wildman–Crippen LogP) is 1.34. The van der Waals surface area contributed by atoms with E-state index in [-0.39, 0.29) is 17.6 Å². The van der Waals surface area contributed by atoms with Crippen LogP contribution in [0.25, 0.3) is 0 Å². The van der Waals surface area contributed by atoms with E-state index >= 15 is 0 Å². The second-order valence-corrected chi connectivity index (χ2v) is 3.99. The van der Waals surface area contributed by atoms with Crippen molar-refractivity contribution in [3.63, 3.8) is 0 Å². The fourth-order valence-corrected chi connectivity index (χ4v) is 2.09. The first-order valence-electron chi connectivity index (χ1n) is 5.41. The van der Waals surface area contributed by atoms with Gasteiger partial charge in [-0.25, -0.2) is 13.5 Å². The second-order valence-electron chi connectivity index (χ2n) is 3.99. The van der Waals surface area contributed by atoms with Gasteiger partial charge in [-0.1, -0.05) is 5.21 Å². The number of rotatable bonds is 2. The molecule has 17 heavy (non-hydrogen) atoms. The molecule has 1 aromatic heterocycles. The summed E-state index contributed by atoms with van der Waals surface area (Å²) in [5.41, 5.74) is 0.168. The van der Waals surface area contributed by atoms with E-state index < -0.39 is 6.43 Å². The highest BCUT2D eigenvalue weighted by Crippen LogP contribution is 2.26. The number of aromatic nitrogens is 3. The zero-order valence-corrected chi connectivity index (χ0v) is 9.40. The maximum absolute atomic E-state index is 12.6. The smallest absolute Gasteiger partial charge is 0.308 e. The molecule has 0 radical (unpaired) electrons. The van der Waals surface area contributed by atoms with Crippen molar-refractivity contribution in [3.8, 4) is 0 Å². The average molecular weight is 245 g/mol. The van der Waals surface area contributed by atoms with E-state index in [0.717, 1.165) is 0 Å². The molecule has 2 rings (SSSR count). The van der Waals surface area contributed by atoms with Crippen molar-refractivity contribution in [1.29, 1.82) is 0 Å². The molecule has 0 amide bonds. The highest BCUT2D eigenvalue weighted by Gasteiger charge is 2.28. The molecule has 0 aliphatic carbocycles. The van der Waals surface area contributed by atoms with E-state index in [1.807, 2.05) is 0 Å². The molecule has 1 aromatic rings. The fraction of sp³-hybridized carbons (Fsp3) is 0.700. The van der Waals surface area contributed by atoms with Crippen LogP contribution in [0.4, 0.5) is 8.78 Å². The number of hydrogen-bond donors (Lipinski definition) is 0. The van der Waals surface area contributed by atoms with Crippen molar-refractivity contribution in [2.45, 2.75) is 32.2 Å². The number of carbonyl (C=O) groups is 1. The number of esters is 1. The molecule has 0 bridgehead atoms. The first-order valence-corrected chi connectivity index (χ1v) is 5.41. The van der Waals surface area contributed by atoms with Gasteiger partial charge in [0.1, 0.15) is 0 Å². The molecular formula is C10H13F2N3O2. The van der Waals surface area contributed by atoms with E-state index in [9.17, 15) is 13.6 Å². The summed E-state index contributed by atoms with van der Waals surface area (Å²) < 4.78 is 31.4. The third-order valence-electron chi connectivity index (χ3n) is 3.03. The van der Waals surface area contributed by atoms with Crippen LogP contribution in [0.5, 0.6) is 0 Å². The normalized spacial score (nSPS) is 19.9. The van der Waals surface area contributed by atoms with Gasteiger partial charge in [0.05, 0.1) is 18.7 Å². The van der Waals surface area contributed by atoms with Gasteiger partial charge in [-0.15, -0.1) is 5.10 Å². The predicted molar refractivity (Wildman–Crippen MR) is 53.4 cm³/mol. The molecule has 0 fully saturated rings. The molecule has 0 N–H and O–H groups in total. The molecule has 1 atom stereocenters. The largest absolute Gasteiger partial charge is 0.469 e. The summed E-state index contributed by atoms with van der Waals surface area (Å²) in [6.07, 6.45) is -1.19. The average Bonchev–Trinajstić information content (AvgIpc) is 2.61. The number of carbonyl (C=O) groups excluding carboxylic acids is 1. The van der Waals surface area contributed by atoms with Crippen LogP contribution in [0.2, 0.25) is 0 Å². The van der Waals surface area contributed by atoms with Gasteiger partial charge < -0.3 is 4.74 Å². The number of ether oxygens (including phenoxy) is 1. The lowest BCUT2D eigenvalue weighted by atomic mass is 10.00. The Balaban J connectivity index is 2.16. The number of alkyl halides is 2. The highest BCUT2D eigenvalue weighted by molar-refractivity contribution is 5.72. The van der Waals surface area contributed by atoms with E-state index in [1.54, 1.807) is 0 Å². The van der Waals surface area contributed by atoms with Crippen LogP contribution >= 0.6 is 0 Å². The lowest BCUT2D eigenvalue weighted by Crippen LogP contribution is -2.17. The molecule has 1 aliphatic heterocycles. The number of nitrogens with zero attached hydrogens (tertiary/aromatic N) is 3. The van der Waals surface area contributed by atoms with Gasteiger partial charge in [0.15, 0.2) is 5.69 Å². The van der Waals surface area contributed by atoms with E-state index in [0.29, 0.717) is 31.5 Å². The van der Waals surface area contributed by atoms with Crippen LogP contribution in [0, 0.1) is 5.92 Å². The third kappa shape index (κ3) is 2.27. The molecule has 0 aromatic carbocycles. The number of hydrogen-bond acceptors (Lipinski definition) is 4. The Morgan fingerprint density at radius 2 is 2.29 bits per heavy atom. The minimum absolute atomic E-state index is 0.243. The number of aryl methyl sites for hydroxylation is 1. The van der Waals surface area contributed by atoms with Gasteiger partial charge in [0, 0.05) is 6.54 Å². The molecule has 7 heteroatoms. The highest BCUT2D eigenvalue weighted by atomic mass is 19.3. The van der Waals surface area contributed by atoms with Crippen LogP contribution in [0.3, 0.4) is 0 Å². The quantitative estimate of drug-likeness (QED) is 0.738. The number of halogens is 2. The Morgan fingerprint density at radius 1 is 1.53 bits per heavy atom. The van der Waals surface area contributed by atoms with Crippen molar-refractivity contribution in [1.82, 2.24) is 15.0 Å². The van der Waals surface area contributed by atoms with Gasteiger partial charge in [-0.3, -0.25) is 4.79 Å².